The number of methoxy groups -OCH3 is 2. The fourth-order valence-electron chi connectivity index (χ4n) is 2.27. The van der Waals surface area contributed by atoms with E-state index in [1.54, 1.807) is 18.2 Å². The number of carbonyl (C=O) groups excluding carboxylic acids is 1. The fourth-order valence-corrected chi connectivity index (χ4v) is 2.42. The van der Waals surface area contributed by atoms with E-state index in [0.29, 0.717) is 17.1 Å². The minimum absolute atomic E-state index is 0.0579. The van der Waals surface area contributed by atoms with Crippen molar-refractivity contribution in [2.45, 2.75) is 6.61 Å². The smallest absolute Gasteiger partial charge is 0.341 e. The zero-order valence-corrected chi connectivity index (χ0v) is 15.1. The van der Waals surface area contributed by atoms with Gasteiger partial charge in [0.15, 0.2) is 18.1 Å². The van der Waals surface area contributed by atoms with Crippen LogP contribution in [0.1, 0.15) is 16.2 Å². The second-order valence-electron chi connectivity index (χ2n) is 5.28. The summed E-state index contributed by atoms with van der Waals surface area (Å²) in [4.78, 5) is 16.1. The molecule has 0 fully saturated rings. The van der Waals surface area contributed by atoms with Crippen molar-refractivity contribution in [3.05, 3.63) is 58.7 Å². The van der Waals surface area contributed by atoms with Crippen LogP contribution in [0.15, 0.2) is 40.9 Å². The number of benzene rings is 2. The molecule has 0 radical (unpaired) electrons. The van der Waals surface area contributed by atoms with Crippen molar-refractivity contribution in [2.24, 2.45) is 0 Å². The highest BCUT2D eigenvalue weighted by molar-refractivity contribution is 6.30. The van der Waals surface area contributed by atoms with Crippen molar-refractivity contribution in [3.63, 3.8) is 0 Å². The lowest BCUT2D eigenvalue weighted by atomic mass is 10.2. The summed E-state index contributed by atoms with van der Waals surface area (Å²) in [5, 5.41) is 4.01. The SMILES string of the molecule is COc1ccc(-c2noc(COC(=O)c3ccc(Cl)cc3F)n2)cc1OC. The van der Waals surface area contributed by atoms with Gasteiger partial charge in [-0.25, -0.2) is 9.18 Å². The van der Waals surface area contributed by atoms with Crippen LogP contribution in [0.3, 0.4) is 0 Å². The lowest BCUT2D eigenvalue weighted by Crippen LogP contribution is -2.07. The number of nitrogens with zero attached hydrogens (tertiary/aromatic N) is 2. The van der Waals surface area contributed by atoms with Gasteiger partial charge in [-0.1, -0.05) is 16.8 Å². The molecule has 3 aromatic rings. The largest absolute Gasteiger partial charge is 0.493 e. The molecule has 27 heavy (non-hydrogen) atoms. The third kappa shape index (κ3) is 4.17. The minimum atomic E-state index is -0.866. The number of hydrogen-bond donors (Lipinski definition) is 0. The number of aromatic nitrogens is 2. The van der Waals surface area contributed by atoms with Gasteiger partial charge in [-0.05, 0) is 36.4 Å². The summed E-state index contributed by atoms with van der Waals surface area (Å²) >= 11 is 5.65. The normalized spacial score (nSPS) is 10.5. The molecule has 0 N–H and O–H groups in total. The molecule has 1 heterocycles. The van der Waals surface area contributed by atoms with Crippen molar-refractivity contribution in [3.8, 4) is 22.9 Å². The van der Waals surface area contributed by atoms with Crippen molar-refractivity contribution >= 4 is 17.6 Å². The molecule has 3 rings (SSSR count). The molecule has 0 aliphatic heterocycles. The Morgan fingerprint density at radius 1 is 1.15 bits per heavy atom. The van der Waals surface area contributed by atoms with Gasteiger partial charge in [0.1, 0.15) is 5.82 Å². The summed E-state index contributed by atoms with van der Waals surface area (Å²) in [6.07, 6.45) is 0. The number of ether oxygens (including phenoxy) is 3. The van der Waals surface area contributed by atoms with E-state index >= 15 is 0 Å². The highest BCUT2D eigenvalue weighted by atomic mass is 35.5. The maximum atomic E-state index is 13.7. The van der Waals surface area contributed by atoms with E-state index in [9.17, 15) is 9.18 Å². The summed E-state index contributed by atoms with van der Waals surface area (Å²) in [5.41, 5.74) is 0.386. The zero-order valence-electron chi connectivity index (χ0n) is 14.4. The van der Waals surface area contributed by atoms with Crippen molar-refractivity contribution in [1.82, 2.24) is 10.1 Å². The standard InChI is InChI=1S/C18H14ClFN2O5/c1-24-14-6-3-10(7-15(14)25-2)17-21-16(27-22-17)9-26-18(23)12-5-4-11(19)8-13(12)20/h3-8H,9H2,1-2H3. The summed E-state index contributed by atoms with van der Waals surface area (Å²) < 4.78 is 34.2. The van der Waals surface area contributed by atoms with Crippen molar-refractivity contribution in [2.75, 3.05) is 14.2 Å². The number of hydrogen-bond acceptors (Lipinski definition) is 7. The van der Waals surface area contributed by atoms with Crippen molar-refractivity contribution in [1.29, 1.82) is 0 Å². The van der Waals surface area contributed by atoms with Crippen LogP contribution < -0.4 is 9.47 Å². The maximum Gasteiger partial charge on any atom is 0.341 e. The van der Waals surface area contributed by atoms with Gasteiger partial charge in [0.05, 0.1) is 19.8 Å². The Kier molecular flexibility index (Phi) is 5.56. The number of carbonyl (C=O) groups is 1. The lowest BCUT2D eigenvalue weighted by Gasteiger charge is -2.07. The molecule has 0 unspecified atom stereocenters. The second kappa shape index (κ2) is 8.05. The Hall–Kier alpha value is -3.13. The topological polar surface area (TPSA) is 83.7 Å². The number of halogens is 2. The molecule has 0 atom stereocenters. The highest BCUT2D eigenvalue weighted by Crippen LogP contribution is 2.31. The van der Waals surface area contributed by atoms with Gasteiger partial charge < -0.3 is 18.7 Å². The van der Waals surface area contributed by atoms with Gasteiger partial charge in [-0.3, -0.25) is 0 Å². The van der Waals surface area contributed by atoms with E-state index in [4.69, 9.17) is 30.3 Å². The van der Waals surface area contributed by atoms with E-state index in [1.165, 1.54) is 26.4 Å². The first-order valence-electron chi connectivity index (χ1n) is 7.69. The Morgan fingerprint density at radius 3 is 2.63 bits per heavy atom. The monoisotopic (exact) mass is 392 g/mol. The Labute approximate surface area is 158 Å². The molecule has 0 amide bonds. The molecular weight excluding hydrogens is 379 g/mol. The summed E-state index contributed by atoms with van der Waals surface area (Å²) in [6.45, 7) is -0.304. The summed E-state index contributed by atoms with van der Waals surface area (Å²) in [6, 6.07) is 8.77. The average molecular weight is 393 g/mol. The van der Waals surface area contributed by atoms with Gasteiger partial charge in [-0.15, -0.1) is 0 Å². The van der Waals surface area contributed by atoms with E-state index in [-0.39, 0.29) is 28.9 Å². The molecule has 140 valence electrons. The molecule has 0 bridgehead atoms. The molecule has 7 nitrogen and oxygen atoms in total. The molecule has 0 saturated heterocycles. The molecule has 0 aliphatic carbocycles. The quantitative estimate of drug-likeness (QED) is 0.588. The van der Waals surface area contributed by atoms with Crippen LogP contribution >= 0.6 is 11.6 Å². The van der Waals surface area contributed by atoms with E-state index in [2.05, 4.69) is 10.1 Å². The first kappa shape index (κ1) is 18.7. The van der Waals surface area contributed by atoms with Crippen LogP contribution in [0.4, 0.5) is 4.39 Å². The number of esters is 1. The van der Waals surface area contributed by atoms with Crippen LogP contribution in [-0.4, -0.2) is 30.3 Å². The van der Waals surface area contributed by atoms with E-state index in [1.807, 2.05) is 0 Å². The molecule has 0 spiro atoms. The molecular formula is C18H14ClFN2O5. The first-order chi connectivity index (χ1) is 13.0. The van der Waals surface area contributed by atoms with Gasteiger partial charge in [0.2, 0.25) is 5.82 Å². The van der Waals surface area contributed by atoms with Crippen molar-refractivity contribution < 1.29 is 27.9 Å². The van der Waals surface area contributed by atoms with Gasteiger partial charge in [0, 0.05) is 10.6 Å². The van der Waals surface area contributed by atoms with Gasteiger partial charge in [-0.2, -0.15) is 4.98 Å². The lowest BCUT2D eigenvalue weighted by molar-refractivity contribution is 0.0424. The molecule has 9 heteroatoms. The van der Waals surface area contributed by atoms with E-state index < -0.39 is 11.8 Å². The van der Waals surface area contributed by atoms with Crippen LogP contribution in [0.2, 0.25) is 5.02 Å². The second-order valence-corrected chi connectivity index (χ2v) is 5.72. The fraction of sp³-hybridized carbons (Fsp3) is 0.167. The van der Waals surface area contributed by atoms with Gasteiger partial charge >= 0.3 is 5.97 Å². The first-order valence-corrected chi connectivity index (χ1v) is 8.06. The molecule has 0 saturated carbocycles. The Balaban J connectivity index is 1.70. The third-order valence-corrected chi connectivity index (χ3v) is 3.82. The third-order valence-electron chi connectivity index (χ3n) is 3.59. The van der Waals surface area contributed by atoms with Gasteiger partial charge in [0.25, 0.3) is 5.89 Å². The van der Waals surface area contributed by atoms with Crippen LogP contribution in [-0.2, 0) is 11.3 Å². The number of rotatable bonds is 6. The minimum Gasteiger partial charge on any atom is -0.493 e. The predicted molar refractivity (Wildman–Crippen MR) is 93.4 cm³/mol. The highest BCUT2D eigenvalue weighted by Gasteiger charge is 2.17. The zero-order chi connectivity index (χ0) is 19.4. The average Bonchev–Trinajstić information content (AvgIpc) is 3.14. The Morgan fingerprint density at radius 2 is 1.93 bits per heavy atom. The Bertz CT molecular complexity index is 976. The summed E-state index contributed by atoms with van der Waals surface area (Å²) in [5.74, 6) is -0.240. The van der Waals surface area contributed by atoms with E-state index in [0.717, 1.165) is 6.07 Å². The molecule has 2 aromatic carbocycles. The van der Waals surface area contributed by atoms with Crippen LogP contribution in [0.5, 0.6) is 11.5 Å². The molecule has 0 aliphatic rings. The van der Waals surface area contributed by atoms with Crippen LogP contribution in [0, 0.1) is 5.82 Å². The maximum absolute atomic E-state index is 13.7. The predicted octanol–water partition coefficient (Wildman–Crippen LogP) is 3.90. The van der Waals surface area contributed by atoms with Crippen LogP contribution in [0.25, 0.3) is 11.4 Å². The molecule has 1 aromatic heterocycles. The summed E-state index contributed by atoms with van der Waals surface area (Å²) in [7, 11) is 3.04.